The summed E-state index contributed by atoms with van der Waals surface area (Å²) in [5, 5.41) is 8.12. The van der Waals surface area contributed by atoms with Crippen LogP contribution in [0.4, 0.5) is 0 Å². The summed E-state index contributed by atoms with van der Waals surface area (Å²) in [5.41, 5.74) is 5.03. The van der Waals surface area contributed by atoms with E-state index in [-0.39, 0.29) is 0 Å². The lowest BCUT2D eigenvalue weighted by Gasteiger charge is -2.01. The number of rotatable bonds is 0. The van der Waals surface area contributed by atoms with Crippen LogP contribution in [0, 0.1) is 0 Å². The molecule has 3 heteroatoms. The highest BCUT2D eigenvalue weighted by Crippen LogP contribution is 2.37. The van der Waals surface area contributed by atoms with E-state index in [1.54, 1.807) is 6.20 Å². The Morgan fingerprint density at radius 1 is 1.13 bits per heavy atom. The number of carbonyl (C=O) groups excluding carboxylic acids is 1. The fourth-order valence-corrected chi connectivity index (χ4v) is 2.47. The van der Waals surface area contributed by atoms with Gasteiger partial charge in [0.05, 0.1) is 5.69 Å². The first-order valence-corrected chi connectivity index (χ1v) is 5.38. The van der Waals surface area contributed by atoms with Crippen molar-refractivity contribution < 1.29 is 4.79 Å². The molecule has 0 unspecified atom stereocenters. The summed E-state index contributed by atoms with van der Waals surface area (Å²) >= 11 is 0. The first kappa shape index (κ1) is 8.77. The zero-order valence-electron chi connectivity index (χ0n) is 8.49. The van der Waals surface area contributed by atoms with Gasteiger partial charge < -0.3 is 0 Å². The average Bonchev–Trinajstić information content (AvgIpc) is 2.51. The molecule has 1 heterocycles. The Bertz CT molecular complexity index is 462. The molecule has 0 saturated carbocycles. The Kier molecular flexibility index (Phi) is 1.91. The van der Waals surface area contributed by atoms with Gasteiger partial charge in [0.25, 0.3) is 0 Å². The van der Waals surface area contributed by atoms with Crippen molar-refractivity contribution in [3.63, 3.8) is 0 Å². The zero-order chi connectivity index (χ0) is 10.3. The molecule has 0 aliphatic heterocycles. The van der Waals surface area contributed by atoms with Gasteiger partial charge >= 0.3 is 0 Å². The lowest BCUT2D eigenvalue weighted by Crippen LogP contribution is -1.97. The van der Waals surface area contributed by atoms with Gasteiger partial charge in [0, 0.05) is 19.0 Å². The number of hydrogen-bond acceptors (Lipinski definition) is 3. The van der Waals surface area contributed by atoms with Crippen LogP contribution in [0.25, 0.3) is 5.57 Å². The van der Waals surface area contributed by atoms with Crippen LogP contribution in [0.2, 0.25) is 0 Å². The standard InChI is InChI=1S/C12H12N2O/c15-10-2-1-8-7-9-5-6-13-14-12(9)11(8)4-3-10/h5-6H,1-4,7H2. The molecule has 0 radical (unpaired) electrons. The smallest absolute Gasteiger partial charge is 0.133 e. The second-order valence-corrected chi connectivity index (χ2v) is 4.20. The summed E-state index contributed by atoms with van der Waals surface area (Å²) in [7, 11) is 0. The van der Waals surface area contributed by atoms with Crippen molar-refractivity contribution in [1.82, 2.24) is 10.2 Å². The van der Waals surface area contributed by atoms with Crippen molar-refractivity contribution in [3.05, 3.63) is 29.1 Å². The van der Waals surface area contributed by atoms with E-state index in [2.05, 4.69) is 10.2 Å². The molecule has 3 rings (SSSR count). The fourth-order valence-electron chi connectivity index (χ4n) is 2.47. The van der Waals surface area contributed by atoms with E-state index >= 15 is 0 Å². The SMILES string of the molecule is O=C1CCC2=C(CC1)c1nnccc1C2. The van der Waals surface area contributed by atoms with Gasteiger partial charge in [0.2, 0.25) is 0 Å². The van der Waals surface area contributed by atoms with Crippen LogP contribution in [-0.2, 0) is 11.2 Å². The van der Waals surface area contributed by atoms with Gasteiger partial charge in [-0.15, -0.1) is 0 Å². The third-order valence-corrected chi connectivity index (χ3v) is 3.28. The summed E-state index contributed by atoms with van der Waals surface area (Å²) in [6.07, 6.45) is 5.89. The molecule has 3 nitrogen and oxygen atoms in total. The number of ketones is 1. The van der Waals surface area contributed by atoms with E-state index < -0.39 is 0 Å². The van der Waals surface area contributed by atoms with Crippen molar-refractivity contribution in [3.8, 4) is 0 Å². The van der Waals surface area contributed by atoms with Crippen LogP contribution in [0.1, 0.15) is 36.9 Å². The Balaban J connectivity index is 2.02. The quantitative estimate of drug-likeness (QED) is 0.642. The maximum Gasteiger partial charge on any atom is 0.133 e. The highest BCUT2D eigenvalue weighted by Gasteiger charge is 2.25. The Labute approximate surface area is 88.2 Å². The fraction of sp³-hybridized carbons (Fsp3) is 0.417. The minimum absolute atomic E-state index is 0.384. The van der Waals surface area contributed by atoms with Crippen LogP contribution in [0.5, 0.6) is 0 Å². The predicted octanol–water partition coefficient (Wildman–Crippen LogP) is 1.93. The molecule has 1 aromatic rings. The van der Waals surface area contributed by atoms with E-state index in [4.69, 9.17) is 0 Å². The zero-order valence-corrected chi connectivity index (χ0v) is 8.49. The summed E-state index contributed by atoms with van der Waals surface area (Å²) in [4.78, 5) is 11.4. The van der Waals surface area contributed by atoms with Gasteiger partial charge in [-0.05, 0) is 36.5 Å². The molecule has 15 heavy (non-hydrogen) atoms. The van der Waals surface area contributed by atoms with Gasteiger partial charge in [-0.2, -0.15) is 10.2 Å². The lowest BCUT2D eigenvalue weighted by molar-refractivity contribution is -0.118. The van der Waals surface area contributed by atoms with Crippen molar-refractivity contribution in [1.29, 1.82) is 0 Å². The molecule has 0 atom stereocenters. The summed E-state index contributed by atoms with van der Waals surface area (Å²) in [5.74, 6) is 0.384. The molecule has 0 amide bonds. The van der Waals surface area contributed by atoms with E-state index in [0.29, 0.717) is 18.6 Å². The molecule has 1 aromatic heterocycles. The van der Waals surface area contributed by atoms with Crippen LogP contribution >= 0.6 is 0 Å². The minimum atomic E-state index is 0.384. The first-order chi connectivity index (χ1) is 7.34. The number of nitrogens with zero attached hydrogens (tertiary/aromatic N) is 2. The number of fused-ring (bicyclic) bond motifs is 2. The Hall–Kier alpha value is -1.51. The Morgan fingerprint density at radius 3 is 2.93 bits per heavy atom. The minimum Gasteiger partial charge on any atom is -0.300 e. The van der Waals surface area contributed by atoms with Gasteiger partial charge in [-0.25, -0.2) is 0 Å². The normalized spacial score (nSPS) is 19.9. The van der Waals surface area contributed by atoms with Crippen LogP contribution < -0.4 is 0 Å². The molecule has 0 aromatic carbocycles. The van der Waals surface area contributed by atoms with Crippen LogP contribution in [0.15, 0.2) is 17.8 Å². The van der Waals surface area contributed by atoms with E-state index in [0.717, 1.165) is 25.0 Å². The lowest BCUT2D eigenvalue weighted by atomic mass is 10.1. The molecule has 0 N–H and O–H groups in total. The average molecular weight is 200 g/mol. The van der Waals surface area contributed by atoms with E-state index in [9.17, 15) is 4.79 Å². The molecular formula is C12H12N2O. The van der Waals surface area contributed by atoms with Gasteiger partial charge in [-0.3, -0.25) is 4.79 Å². The molecule has 0 spiro atoms. The van der Waals surface area contributed by atoms with E-state index in [1.165, 1.54) is 16.7 Å². The summed E-state index contributed by atoms with van der Waals surface area (Å²) < 4.78 is 0. The molecule has 0 saturated heterocycles. The van der Waals surface area contributed by atoms with Gasteiger partial charge in [0.15, 0.2) is 0 Å². The number of Topliss-reactive ketones (excluding diaryl/α,β-unsaturated/α-hetero) is 1. The van der Waals surface area contributed by atoms with Crippen molar-refractivity contribution in [2.75, 3.05) is 0 Å². The van der Waals surface area contributed by atoms with Gasteiger partial charge in [0.1, 0.15) is 5.78 Å². The third kappa shape index (κ3) is 1.39. The molecule has 0 fully saturated rings. The topological polar surface area (TPSA) is 42.9 Å². The largest absolute Gasteiger partial charge is 0.300 e. The molecule has 76 valence electrons. The molecule has 2 aliphatic rings. The first-order valence-electron chi connectivity index (χ1n) is 5.38. The summed E-state index contributed by atoms with van der Waals surface area (Å²) in [6.45, 7) is 0. The highest BCUT2D eigenvalue weighted by molar-refractivity contribution is 5.85. The van der Waals surface area contributed by atoms with Crippen LogP contribution in [-0.4, -0.2) is 16.0 Å². The van der Waals surface area contributed by atoms with Crippen molar-refractivity contribution >= 4 is 11.4 Å². The van der Waals surface area contributed by atoms with Crippen molar-refractivity contribution in [2.45, 2.75) is 32.1 Å². The van der Waals surface area contributed by atoms with E-state index in [1.807, 2.05) is 6.07 Å². The molecular weight excluding hydrogens is 188 g/mol. The molecule has 0 bridgehead atoms. The Morgan fingerprint density at radius 2 is 2.00 bits per heavy atom. The van der Waals surface area contributed by atoms with Gasteiger partial charge in [-0.1, -0.05) is 5.57 Å². The van der Waals surface area contributed by atoms with Crippen molar-refractivity contribution in [2.24, 2.45) is 0 Å². The third-order valence-electron chi connectivity index (χ3n) is 3.28. The number of carbonyl (C=O) groups is 1. The molecule has 2 aliphatic carbocycles. The number of aromatic nitrogens is 2. The monoisotopic (exact) mass is 200 g/mol. The maximum absolute atomic E-state index is 11.4. The summed E-state index contributed by atoms with van der Waals surface area (Å²) in [6, 6.07) is 2.04. The predicted molar refractivity (Wildman–Crippen MR) is 56.1 cm³/mol. The van der Waals surface area contributed by atoms with Crippen LogP contribution in [0.3, 0.4) is 0 Å². The number of hydrogen-bond donors (Lipinski definition) is 0. The second kappa shape index (κ2) is 3.26. The second-order valence-electron chi connectivity index (χ2n) is 4.20. The highest BCUT2D eigenvalue weighted by atomic mass is 16.1. The maximum atomic E-state index is 11.4. The number of allylic oxidation sites excluding steroid dienone is 2.